The van der Waals surface area contributed by atoms with E-state index in [-0.39, 0.29) is 5.91 Å². The Morgan fingerprint density at radius 3 is 2.40 bits per heavy atom. The second kappa shape index (κ2) is 7.18. The van der Waals surface area contributed by atoms with Crippen LogP contribution in [0.2, 0.25) is 0 Å². The number of aromatic nitrogens is 1. The van der Waals surface area contributed by atoms with Crippen molar-refractivity contribution in [2.45, 2.75) is 52.7 Å². The molecule has 0 bridgehead atoms. The Morgan fingerprint density at radius 2 is 1.92 bits per heavy atom. The molecule has 0 aliphatic carbocycles. The lowest BCUT2D eigenvalue weighted by atomic mass is 9.77. The molecule has 7 heteroatoms. The zero-order valence-electron chi connectivity index (χ0n) is 16.1. The number of nitrogens with zero attached hydrogens (tertiary/aromatic N) is 1. The van der Waals surface area contributed by atoms with Gasteiger partial charge in [0.05, 0.1) is 18.3 Å². The number of hydrogen-bond acceptors (Lipinski definition) is 5. The Balaban J connectivity index is 2.33. The molecular weight excluding hydrogens is 319 g/mol. The van der Waals surface area contributed by atoms with Crippen LogP contribution in [0.5, 0.6) is 5.88 Å². The van der Waals surface area contributed by atoms with Gasteiger partial charge in [0.25, 0.3) is 0 Å². The van der Waals surface area contributed by atoms with Crippen molar-refractivity contribution >= 4 is 19.1 Å². The van der Waals surface area contributed by atoms with E-state index in [0.29, 0.717) is 12.4 Å². The van der Waals surface area contributed by atoms with Gasteiger partial charge in [-0.05, 0) is 51.7 Å². The Hall–Kier alpha value is -1.86. The van der Waals surface area contributed by atoms with Gasteiger partial charge in [0.15, 0.2) is 0 Å². The summed E-state index contributed by atoms with van der Waals surface area (Å²) < 4.78 is 17.4. The van der Waals surface area contributed by atoms with Crippen molar-refractivity contribution in [3.8, 4) is 5.88 Å². The molecule has 2 rings (SSSR count). The van der Waals surface area contributed by atoms with Crippen molar-refractivity contribution in [3.63, 3.8) is 0 Å². The number of nitrogens with one attached hydrogen (secondary N) is 1. The maximum atomic E-state index is 11.4. The van der Waals surface area contributed by atoms with Gasteiger partial charge < -0.3 is 19.4 Å². The topological polar surface area (TPSA) is 69.7 Å². The predicted molar refractivity (Wildman–Crippen MR) is 98.3 cm³/mol. The number of ether oxygens (including phenoxy) is 1. The van der Waals surface area contributed by atoms with E-state index in [2.05, 4.69) is 10.3 Å². The minimum Gasteiger partial charge on any atom is -0.481 e. The molecule has 1 aromatic heterocycles. The zero-order valence-corrected chi connectivity index (χ0v) is 16.1. The highest BCUT2D eigenvalue weighted by Crippen LogP contribution is 2.38. The Kier molecular flexibility index (Phi) is 5.59. The maximum absolute atomic E-state index is 11.4. The molecule has 0 aromatic carbocycles. The van der Waals surface area contributed by atoms with E-state index in [0.717, 1.165) is 16.6 Å². The summed E-state index contributed by atoms with van der Waals surface area (Å²) in [4.78, 5) is 15.7. The predicted octanol–water partition coefficient (Wildman–Crippen LogP) is 2.55. The molecule has 1 fully saturated rings. The van der Waals surface area contributed by atoms with Gasteiger partial charge >= 0.3 is 7.12 Å². The number of methoxy groups -OCH3 is 1. The van der Waals surface area contributed by atoms with Crippen LogP contribution in [-0.4, -0.2) is 42.9 Å². The summed E-state index contributed by atoms with van der Waals surface area (Å²) in [6.07, 6.45) is 3.67. The summed E-state index contributed by atoms with van der Waals surface area (Å²) in [6.45, 7) is 11.8. The van der Waals surface area contributed by atoms with Gasteiger partial charge in [-0.25, -0.2) is 4.98 Å². The quantitative estimate of drug-likeness (QED) is 0.830. The molecule has 6 nitrogen and oxygen atoms in total. The van der Waals surface area contributed by atoms with Crippen LogP contribution in [0.15, 0.2) is 17.7 Å². The van der Waals surface area contributed by atoms with E-state index in [1.54, 1.807) is 13.3 Å². The molecule has 136 valence electrons. The van der Waals surface area contributed by atoms with E-state index in [9.17, 15) is 4.79 Å². The highest BCUT2D eigenvalue weighted by molar-refractivity contribution is 6.56. The van der Waals surface area contributed by atoms with Crippen LogP contribution in [0.3, 0.4) is 0 Å². The fourth-order valence-corrected chi connectivity index (χ4v) is 2.51. The monoisotopic (exact) mass is 346 g/mol. The molecular formula is C18H27BN2O4. The van der Waals surface area contributed by atoms with Crippen LogP contribution >= 0.6 is 0 Å². The number of hydrogen-bond donors (Lipinski definition) is 1. The Labute approximate surface area is 150 Å². The summed E-state index contributed by atoms with van der Waals surface area (Å²) in [5.41, 5.74) is 1.78. The zero-order chi connectivity index (χ0) is 18.8. The lowest BCUT2D eigenvalue weighted by Gasteiger charge is -2.32. The molecule has 1 aliphatic heterocycles. The van der Waals surface area contributed by atoms with Gasteiger partial charge in [-0.1, -0.05) is 6.08 Å². The average Bonchev–Trinajstić information content (AvgIpc) is 2.71. The van der Waals surface area contributed by atoms with Crippen LogP contribution in [0, 0.1) is 6.92 Å². The molecule has 1 amide bonds. The molecule has 0 unspecified atom stereocenters. The van der Waals surface area contributed by atoms with Crippen molar-refractivity contribution in [2.75, 3.05) is 13.7 Å². The first-order chi connectivity index (χ1) is 11.6. The molecule has 1 saturated heterocycles. The summed E-state index contributed by atoms with van der Waals surface area (Å²) in [5, 5.41) is 2.82. The maximum Gasteiger partial charge on any atom is 0.492 e. The SMILES string of the molecule is COc1ncc(C=C(CNC(C)=O)B2OC(C)(C)C(C)(C)O2)cc1C. The molecule has 1 N–H and O–H groups in total. The van der Waals surface area contributed by atoms with Crippen molar-refractivity contribution in [1.29, 1.82) is 0 Å². The first-order valence-corrected chi connectivity index (χ1v) is 8.37. The smallest absolute Gasteiger partial charge is 0.481 e. The highest BCUT2D eigenvalue weighted by atomic mass is 16.7. The third-order valence-electron chi connectivity index (χ3n) is 4.69. The number of amides is 1. The third-order valence-corrected chi connectivity index (χ3v) is 4.69. The second-order valence-corrected chi connectivity index (χ2v) is 7.31. The molecule has 2 heterocycles. The fraction of sp³-hybridized carbons (Fsp3) is 0.556. The van der Waals surface area contributed by atoms with Crippen molar-refractivity contribution in [3.05, 3.63) is 28.9 Å². The Bertz CT molecular complexity index is 670. The van der Waals surface area contributed by atoms with Crippen molar-refractivity contribution in [1.82, 2.24) is 10.3 Å². The lowest BCUT2D eigenvalue weighted by Crippen LogP contribution is -2.41. The first kappa shape index (κ1) is 19.5. The van der Waals surface area contributed by atoms with Gasteiger partial charge in [0.2, 0.25) is 11.8 Å². The largest absolute Gasteiger partial charge is 0.492 e. The van der Waals surface area contributed by atoms with Crippen molar-refractivity contribution in [2.24, 2.45) is 0 Å². The summed E-state index contributed by atoms with van der Waals surface area (Å²) in [7, 11) is 1.07. The summed E-state index contributed by atoms with van der Waals surface area (Å²) in [5.74, 6) is 0.489. The number of pyridine rings is 1. The van der Waals surface area contributed by atoms with Crippen LogP contribution in [-0.2, 0) is 14.1 Å². The van der Waals surface area contributed by atoms with Gasteiger partial charge in [-0.2, -0.15) is 0 Å². The number of rotatable bonds is 5. The summed E-state index contributed by atoms with van der Waals surface area (Å²) >= 11 is 0. The second-order valence-electron chi connectivity index (χ2n) is 7.31. The van der Waals surface area contributed by atoms with Gasteiger partial charge in [-0.15, -0.1) is 0 Å². The number of carbonyl (C=O) groups is 1. The molecule has 0 spiro atoms. The van der Waals surface area contributed by atoms with Crippen LogP contribution in [0.25, 0.3) is 6.08 Å². The van der Waals surface area contributed by atoms with Gasteiger partial charge in [0.1, 0.15) is 0 Å². The normalized spacial score (nSPS) is 19.0. The first-order valence-electron chi connectivity index (χ1n) is 8.37. The van der Waals surface area contributed by atoms with Gasteiger partial charge in [-0.3, -0.25) is 4.79 Å². The van der Waals surface area contributed by atoms with E-state index in [1.807, 2.05) is 46.8 Å². The number of carbonyl (C=O) groups excluding carboxylic acids is 1. The van der Waals surface area contributed by atoms with Crippen LogP contribution in [0.1, 0.15) is 45.7 Å². The molecule has 1 aliphatic rings. The minimum atomic E-state index is -0.528. The van der Waals surface area contributed by atoms with Crippen LogP contribution in [0.4, 0.5) is 0 Å². The summed E-state index contributed by atoms with van der Waals surface area (Å²) in [6, 6.07) is 1.98. The molecule has 25 heavy (non-hydrogen) atoms. The van der Waals surface area contributed by atoms with E-state index >= 15 is 0 Å². The standard InChI is InChI=1S/C18H27BN2O4/c1-12-8-14(10-21-16(12)23-7)9-15(11-20-13(2)22)19-24-17(3,4)18(5,6)25-19/h8-10H,11H2,1-7H3,(H,20,22). The van der Waals surface area contributed by atoms with E-state index in [1.165, 1.54) is 6.92 Å². The van der Waals surface area contributed by atoms with E-state index < -0.39 is 18.3 Å². The van der Waals surface area contributed by atoms with Crippen LogP contribution < -0.4 is 10.1 Å². The Morgan fingerprint density at radius 1 is 1.32 bits per heavy atom. The minimum absolute atomic E-state index is 0.105. The fourth-order valence-electron chi connectivity index (χ4n) is 2.51. The van der Waals surface area contributed by atoms with E-state index in [4.69, 9.17) is 14.0 Å². The molecule has 0 radical (unpaired) electrons. The highest BCUT2D eigenvalue weighted by Gasteiger charge is 2.52. The lowest BCUT2D eigenvalue weighted by molar-refractivity contribution is -0.118. The number of aryl methyl sites for hydroxylation is 1. The average molecular weight is 346 g/mol. The molecule has 1 aromatic rings. The molecule has 0 saturated carbocycles. The third kappa shape index (κ3) is 4.41. The van der Waals surface area contributed by atoms with Gasteiger partial charge in [0, 0.05) is 25.2 Å². The molecule has 0 atom stereocenters. The van der Waals surface area contributed by atoms with Crippen molar-refractivity contribution < 1.29 is 18.8 Å².